The van der Waals surface area contributed by atoms with Gasteiger partial charge in [0.15, 0.2) is 6.61 Å². The van der Waals surface area contributed by atoms with E-state index in [2.05, 4.69) is 10.1 Å². The predicted molar refractivity (Wildman–Crippen MR) is 110 cm³/mol. The van der Waals surface area contributed by atoms with Crippen LogP contribution in [-0.4, -0.2) is 30.5 Å². The Morgan fingerprint density at radius 3 is 2.40 bits per heavy atom. The highest BCUT2D eigenvalue weighted by molar-refractivity contribution is 5.95. The van der Waals surface area contributed by atoms with E-state index in [1.165, 1.54) is 25.3 Å². The molecule has 0 radical (unpaired) electrons. The second kappa shape index (κ2) is 9.33. The maximum Gasteiger partial charge on any atom is 0.337 e. The Balaban J connectivity index is 1.59. The molecule has 3 aromatic rings. The van der Waals surface area contributed by atoms with E-state index in [4.69, 9.17) is 4.74 Å². The topological polar surface area (TPSA) is 108 Å². The van der Waals surface area contributed by atoms with E-state index in [-0.39, 0.29) is 18.2 Å². The number of methoxy groups -OCH3 is 1. The molecule has 0 saturated heterocycles. The van der Waals surface area contributed by atoms with Gasteiger partial charge in [-0.05, 0) is 41.5 Å². The Labute approximate surface area is 172 Å². The van der Waals surface area contributed by atoms with Crippen LogP contribution in [0.4, 0.5) is 11.4 Å². The van der Waals surface area contributed by atoms with Crippen molar-refractivity contribution in [3.05, 3.63) is 88.5 Å². The Kier molecular flexibility index (Phi) is 6.39. The maximum atomic E-state index is 12.1. The van der Waals surface area contributed by atoms with Gasteiger partial charge in [-0.3, -0.25) is 14.9 Å². The molecule has 8 heteroatoms. The third kappa shape index (κ3) is 5.20. The Bertz CT molecular complexity index is 1080. The molecule has 0 bridgehead atoms. The van der Waals surface area contributed by atoms with Crippen LogP contribution in [-0.2, 0) is 9.53 Å². The number of nitrogens with zero attached hydrogens (tertiary/aromatic N) is 1. The highest BCUT2D eigenvalue weighted by atomic mass is 16.6. The number of esters is 1. The Morgan fingerprint density at radius 2 is 1.70 bits per heavy atom. The molecule has 1 amide bonds. The molecule has 0 fully saturated rings. The number of nitro groups is 1. The third-order valence-corrected chi connectivity index (χ3v) is 4.18. The van der Waals surface area contributed by atoms with E-state index in [0.717, 1.165) is 5.56 Å². The molecule has 30 heavy (non-hydrogen) atoms. The lowest BCUT2D eigenvalue weighted by Crippen LogP contribution is -2.20. The molecule has 0 spiro atoms. The van der Waals surface area contributed by atoms with Gasteiger partial charge in [0.05, 0.1) is 17.6 Å². The normalized spacial score (nSPS) is 10.2. The first-order chi connectivity index (χ1) is 14.5. The second-order valence-electron chi connectivity index (χ2n) is 6.24. The van der Waals surface area contributed by atoms with Crippen LogP contribution >= 0.6 is 0 Å². The van der Waals surface area contributed by atoms with E-state index in [9.17, 15) is 19.7 Å². The lowest BCUT2D eigenvalue weighted by molar-refractivity contribution is -0.384. The fourth-order valence-corrected chi connectivity index (χ4v) is 2.73. The van der Waals surface area contributed by atoms with Crippen molar-refractivity contribution in [2.24, 2.45) is 0 Å². The van der Waals surface area contributed by atoms with Crippen molar-refractivity contribution in [2.45, 2.75) is 0 Å². The molecule has 0 saturated carbocycles. The summed E-state index contributed by atoms with van der Waals surface area (Å²) in [5.41, 5.74) is 2.29. The molecular formula is C22H18N2O6. The van der Waals surface area contributed by atoms with Crippen LogP contribution < -0.4 is 10.1 Å². The van der Waals surface area contributed by atoms with Crippen molar-refractivity contribution in [1.29, 1.82) is 0 Å². The molecule has 3 rings (SSSR count). The number of amides is 1. The van der Waals surface area contributed by atoms with Gasteiger partial charge in [-0.25, -0.2) is 4.79 Å². The quantitative estimate of drug-likeness (QED) is 0.360. The summed E-state index contributed by atoms with van der Waals surface area (Å²) in [7, 11) is 1.28. The molecule has 0 aromatic heterocycles. The highest BCUT2D eigenvalue weighted by Gasteiger charge is 2.10. The molecule has 1 N–H and O–H groups in total. The first-order valence-electron chi connectivity index (χ1n) is 8.92. The first-order valence-corrected chi connectivity index (χ1v) is 8.92. The maximum absolute atomic E-state index is 12.1. The molecule has 8 nitrogen and oxygen atoms in total. The average Bonchev–Trinajstić information content (AvgIpc) is 2.77. The number of carbonyl (C=O) groups is 2. The molecule has 152 valence electrons. The standard InChI is InChI=1S/C22H18N2O6/c1-29-22(26)17-5-2-6-18(12-17)23-21(25)14-30-20-10-8-15(9-11-20)16-4-3-7-19(13-16)24(27)28/h2-13H,14H2,1H3,(H,23,25). The molecule has 0 aliphatic heterocycles. The van der Waals surface area contributed by atoms with E-state index in [1.54, 1.807) is 54.6 Å². The minimum Gasteiger partial charge on any atom is -0.484 e. The fraction of sp³-hybridized carbons (Fsp3) is 0.0909. The Morgan fingerprint density at radius 1 is 0.967 bits per heavy atom. The average molecular weight is 406 g/mol. The van der Waals surface area contributed by atoms with Crippen LogP contribution in [0.5, 0.6) is 5.75 Å². The lowest BCUT2D eigenvalue weighted by Gasteiger charge is -2.09. The summed E-state index contributed by atoms with van der Waals surface area (Å²) in [6.07, 6.45) is 0. The van der Waals surface area contributed by atoms with E-state index < -0.39 is 10.9 Å². The summed E-state index contributed by atoms with van der Waals surface area (Å²) in [5.74, 6) is -0.409. The number of non-ortho nitro benzene ring substituents is 1. The number of benzene rings is 3. The van der Waals surface area contributed by atoms with Crippen LogP contribution in [0.15, 0.2) is 72.8 Å². The van der Waals surface area contributed by atoms with Crippen LogP contribution in [0.1, 0.15) is 10.4 Å². The summed E-state index contributed by atoms with van der Waals surface area (Å²) < 4.78 is 10.1. The van der Waals surface area contributed by atoms with Crippen molar-refractivity contribution in [1.82, 2.24) is 0 Å². The van der Waals surface area contributed by atoms with Gasteiger partial charge in [0.25, 0.3) is 11.6 Å². The van der Waals surface area contributed by atoms with Gasteiger partial charge < -0.3 is 14.8 Å². The number of rotatable bonds is 7. The number of nitro benzene ring substituents is 1. The number of nitrogens with one attached hydrogen (secondary N) is 1. The SMILES string of the molecule is COC(=O)c1cccc(NC(=O)COc2ccc(-c3cccc([N+](=O)[O-])c3)cc2)c1. The fourth-order valence-electron chi connectivity index (χ4n) is 2.73. The van der Waals surface area contributed by atoms with Crippen molar-refractivity contribution < 1.29 is 24.0 Å². The molecule has 0 unspecified atom stereocenters. The van der Waals surface area contributed by atoms with Crippen LogP contribution in [0, 0.1) is 10.1 Å². The number of hydrogen-bond donors (Lipinski definition) is 1. The first kappa shape index (κ1) is 20.5. The lowest BCUT2D eigenvalue weighted by atomic mass is 10.1. The summed E-state index contributed by atoms with van der Waals surface area (Å²) in [6, 6.07) is 19.6. The van der Waals surface area contributed by atoms with Crippen molar-refractivity contribution in [2.75, 3.05) is 19.0 Å². The van der Waals surface area contributed by atoms with E-state index in [0.29, 0.717) is 22.6 Å². The summed E-state index contributed by atoms with van der Waals surface area (Å²) >= 11 is 0. The number of carbonyl (C=O) groups excluding carboxylic acids is 2. The molecular weight excluding hydrogens is 388 g/mol. The zero-order valence-corrected chi connectivity index (χ0v) is 16.0. The third-order valence-electron chi connectivity index (χ3n) is 4.18. The Hall–Kier alpha value is -4.20. The van der Waals surface area contributed by atoms with Crippen molar-refractivity contribution in [3.63, 3.8) is 0 Å². The van der Waals surface area contributed by atoms with E-state index >= 15 is 0 Å². The largest absolute Gasteiger partial charge is 0.484 e. The molecule has 0 heterocycles. The van der Waals surface area contributed by atoms with Crippen LogP contribution in [0.2, 0.25) is 0 Å². The zero-order valence-electron chi connectivity index (χ0n) is 16.0. The molecule has 0 atom stereocenters. The minimum atomic E-state index is -0.494. The van der Waals surface area contributed by atoms with Crippen LogP contribution in [0.25, 0.3) is 11.1 Å². The van der Waals surface area contributed by atoms with Crippen LogP contribution in [0.3, 0.4) is 0 Å². The minimum absolute atomic E-state index is 0.0146. The van der Waals surface area contributed by atoms with Gasteiger partial charge in [0, 0.05) is 17.8 Å². The van der Waals surface area contributed by atoms with Gasteiger partial charge in [-0.15, -0.1) is 0 Å². The predicted octanol–water partition coefficient (Wildman–Crippen LogP) is 4.07. The van der Waals surface area contributed by atoms with E-state index in [1.807, 2.05) is 0 Å². The van der Waals surface area contributed by atoms with Crippen molar-refractivity contribution >= 4 is 23.3 Å². The highest BCUT2D eigenvalue weighted by Crippen LogP contribution is 2.25. The zero-order chi connectivity index (χ0) is 21.5. The number of ether oxygens (including phenoxy) is 2. The van der Waals surface area contributed by atoms with Gasteiger partial charge in [-0.2, -0.15) is 0 Å². The van der Waals surface area contributed by atoms with Gasteiger partial charge in [0.1, 0.15) is 5.75 Å². The van der Waals surface area contributed by atoms with Gasteiger partial charge in [-0.1, -0.05) is 30.3 Å². The number of hydrogen-bond acceptors (Lipinski definition) is 6. The number of anilines is 1. The smallest absolute Gasteiger partial charge is 0.337 e. The van der Waals surface area contributed by atoms with Crippen molar-refractivity contribution in [3.8, 4) is 16.9 Å². The molecule has 0 aliphatic carbocycles. The summed E-state index contributed by atoms with van der Waals surface area (Å²) in [4.78, 5) is 34.1. The second-order valence-corrected chi connectivity index (χ2v) is 6.24. The molecule has 0 aliphatic rings. The molecule has 3 aromatic carbocycles. The summed E-state index contributed by atoms with van der Waals surface area (Å²) in [6.45, 7) is -0.224. The van der Waals surface area contributed by atoms with Gasteiger partial charge >= 0.3 is 5.97 Å². The van der Waals surface area contributed by atoms with Gasteiger partial charge in [0.2, 0.25) is 0 Å². The summed E-state index contributed by atoms with van der Waals surface area (Å²) in [5, 5.41) is 13.6. The monoisotopic (exact) mass is 406 g/mol.